The zero-order valence-electron chi connectivity index (χ0n) is 19.5. The number of nitrogens with zero attached hydrogens (tertiary/aromatic N) is 5. The molecule has 0 saturated carbocycles. The van der Waals surface area contributed by atoms with E-state index in [1.54, 1.807) is 24.6 Å². The molecule has 4 aromatic rings. The number of aromatic nitrogens is 3. The zero-order valence-corrected chi connectivity index (χ0v) is 20.3. The van der Waals surface area contributed by atoms with Crippen molar-refractivity contribution in [2.45, 2.75) is 18.7 Å². The number of rotatable bonds is 6. The van der Waals surface area contributed by atoms with Crippen LogP contribution in [0.3, 0.4) is 0 Å². The van der Waals surface area contributed by atoms with Crippen LogP contribution in [0.1, 0.15) is 12.0 Å². The third-order valence-electron chi connectivity index (χ3n) is 6.04. The predicted octanol–water partition coefficient (Wildman–Crippen LogP) is 4.40. The average Bonchev–Trinajstić information content (AvgIpc) is 3.32. The van der Waals surface area contributed by atoms with Gasteiger partial charge in [-0.15, -0.1) is 11.3 Å². The first-order chi connectivity index (χ1) is 17.1. The molecule has 2 aromatic carbocycles. The number of benzene rings is 2. The molecule has 8 nitrogen and oxygen atoms in total. The van der Waals surface area contributed by atoms with Gasteiger partial charge in [0.1, 0.15) is 30.2 Å². The van der Waals surface area contributed by atoms with Gasteiger partial charge < -0.3 is 20.7 Å². The minimum Gasteiger partial charge on any atom is -0.486 e. The number of allylic oxidation sites excluding steroid dienone is 1. The number of nitrogens with two attached hydrogens (primary N) is 1. The molecule has 1 aliphatic heterocycles. The molecule has 0 aliphatic carbocycles. The lowest BCUT2D eigenvalue weighted by Crippen LogP contribution is -2.45. The summed E-state index contributed by atoms with van der Waals surface area (Å²) in [6.07, 6.45) is 3.55. The van der Waals surface area contributed by atoms with E-state index in [1.807, 2.05) is 47.8 Å². The van der Waals surface area contributed by atoms with Crippen molar-refractivity contribution in [2.24, 2.45) is 10.7 Å². The van der Waals surface area contributed by atoms with Crippen LogP contribution in [0, 0.1) is 0 Å². The van der Waals surface area contributed by atoms with Crippen LogP contribution < -0.4 is 15.8 Å². The summed E-state index contributed by atoms with van der Waals surface area (Å²) in [5, 5.41) is 4.07. The summed E-state index contributed by atoms with van der Waals surface area (Å²) >= 11 is 1.57. The van der Waals surface area contributed by atoms with Gasteiger partial charge in [-0.3, -0.25) is 4.99 Å². The van der Waals surface area contributed by atoms with Gasteiger partial charge in [0.2, 0.25) is 0 Å². The first-order valence-corrected chi connectivity index (χ1v) is 12.2. The van der Waals surface area contributed by atoms with Gasteiger partial charge in [0.05, 0.1) is 26.6 Å². The van der Waals surface area contributed by atoms with Crippen LogP contribution in [0.2, 0.25) is 0 Å². The molecule has 5 rings (SSSR count). The molecule has 0 amide bonds. The molecule has 180 valence electrons. The van der Waals surface area contributed by atoms with E-state index in [1.165, 1.54) is 12.5 Å². The van der Waals surface area contributed by atoms with Crippen LogP contribution in [0.5, 0.6) is 5.75 Å². The van der Waals surface area contributed by atoms with Crippen LogP contribution in [-0.4, -0.2) is 65.5 Å². The van der Waals surface area contributed by atoms with Crippen LogP contribution in [0.15, 0.2) is 53.4 Å². The molecular weight excluding hydrogens is 465 g/mol. The van der Waals surface area contributed by atoms with Crippen LogP contribution in [-0.2, 0) is 0 Å². The molecule has 0 bridgehead atoms. The summed E-state index contributed by atoms with van der Waals surface area (Å²) in [6.45, 7) is 1.09. The number of likely N-dealkylation sites (tertiary alicyclic amines) is 1. The fourth-order valence-corrected chi connectivity index (χ4v) is 4.98. The van der Waals surface area contributed by atoms with E-state index < -0.39 is 12.3 Å². The fourth-order valence-electron chi connectivity index (χ4n) is 4.26. The van der Waals surface area contributed by atoms with E-state index in [9.17, 15) is 4.39 Å². The van der Waals surface area contributed by atoms with Gasteiger partial charge in [-0.25, -0.2) is 19.3 Å². The SMILES string of the molecule is CN=C/C(=C\N)c1cc(OC2CCN(C)CC2F)c2c(Nc3ccc4ncsc4c3)ncnc2c1. The molecule has 2 unspecified atom stereocenters. The van der Waals surface area contributed by atoms with Crippen molar-refractivity contribution in [3.8, 4) is 5.75 Å². The smallest absolute Gasteiger partial charge is 0.149 e. The Bertz CT molecular complexity index is 1420. The van der Waals surface area contributed by atoms with Gasteiger partial charge in [-0.2, -0.15) is 0 Å². The summed E-state index contributed by atoms with van der Waals surface area (Å²) in [6, 6.07) is 9.70. The Morgan fingerprint density at radius 1 is 1.26 bits per heavy atom. The summed E-state index contributed by atoms with van der Waals surface area (Å²) in [4.78, 5) is 19.4. The highest BCUT2D eigenvalue weighted by Gasteiger charge is 2.30. The molecule has 0 spiro atoms. The molecule has 3 N–H and O–H groups in total. The number of ether oxygens (including phenoxy) is 1. The lowest BCUT2D eigenvalue weighted by molar-refractivity contribution is 0.0322. The number of thiazole rings is 1. The van der Waals surface area contributed by atoms with Crippen molar-refractivity contribution >= 4 is 55.7 Å². The lowest BCUT2D eigenvalue weighted by Gasteiger charge is -2.32. The second-order valence-corrected chi connectivity index (χ2v) is 9.37. The number of nitrogens with one attached hydrogen (secondary N) is 1. The Morgan fingerprint density at radius 2 is 2.14 bits per heavy atom. The first-order valence-electron chi connectivity index (χ1n) is 11.3. The van der Waals surface area contributed by atoms with E-state index in [-0.39, 0.29) is 0 Å². The Hall–Kier alpha value is -3.63. The highest BCUT2D eigenvalue weighted by Crippen LogP contribution is 2.36. The molecular formula is C25H26FN7OS. The van der Waals surface area contributed by atoms with Crippen molar-refractivity contribution in [3.05, 3.63) is 53.9 Å². The van der Waals surface area contributed by atoms with Crippen molar-refractivity contribution in [1.82, 2.24) is 19.9 Å². The summed E-state index contributed by atoms with van der Waals surface area (Å²) in [5.41, 5.74) is 11.6. The van der Waals surface area contributed by atoms with Gasteiger partial charge in [-0.1, -0.05) is 0 Å². The van der Waals surface area contributed by atoms with Gasteiger partial charge >= 0.3 is 0 Å². The Labute approximate surface area is 206 Å². The number of alkyl halides is 1. The third-order valence-corrected chi connectivity index (χ3v) is 6.83. The number of anilines is 2. The molecule has 10 heteroatoms. The quantitative estimate of drug-likeness (QED) is 0.385. The fraction of sp³-hybridized carbons (Fsp3) is 0.280. The lowest BCUT2D eigenvalue weighted by atomic mass is 10.0. The summed E-state index contributed by atoms with van der Waals surface area (Å²) in [5.74, 6) is 1.08. The Morgan fingerprint density at radius 3 is 2.94 bits per heavy atom. The molecule has 1 saturated heterocycles. The van der Waals surface area contributed by atoms with E-state index in [0.29, 0.717) is 41.0 Å². The highest BCUT2D eigenvalue weighted by molar-refractivity contribution is 7.16. The minimum absolute atomic E-state index is 0.329. The average molecular weight is 492 g/mol. The standard InChI is InChI=1S/C25H26FN7OS/c1-28-11-16(10-27)15-7-20-24(22(8-15)34-21-5-6-33(2)12-18(21)26)25(30-13-29-20)32-17-3-4-19-23(9-17)35-14-31-19/h3-4,7-11,13-14,18,21H,5-6,12,27H2,1-2H3,(H,29,30,32)/b16-10+,28-11?. The molecule has 2 aromatic heterocycles. The number of hydrogen-bond donors (Lipinski definition) is 2. The van der Waals surface area contributed by atoms with Crippen molar-refractivity contribution in [2.75, 3.05) is 32.5 Å². The Kier molecular flexibility index (Phi) is 6.56. The number of hydrogen-bond acceptors (Lipinski definition) is 9. The van der Waals surface area contributed by atoms with Gasteiger partial charge in [0, 0.05) is 43.8 Å². The molecule has 0 radical (unpaired) electrons. The largest absolute Gasteiger partial charge is 0.486 e. The molecule has 3 heterocycles. The van der Waals surface area contributed by atoms with Crippen molar-refractivity contribution < 1.29 is 9.13 Å². The molecule has 35 heavy (non-hydrogen) atoms. The van der Waals surface area contributed by atoms with E-state index in [4.69, 9.17) is 10.5 Å². The number of fused-ring (bicyclic) bond motifs is 2. The third kappa shape index (κ3) is 4.80. The highest BCUT2D eigenvalue weighted by atomic mass is 32.1. The molecule has 2 atom stereocenters. The van der Waals surface area contributed by atoms with E-state index in [0.717, 1.165) is 28.0 Å². The second kappa shape index (κ2) is 9.93. The van der Waals surface area contributed by atoms with Crippen molar-refractivity contribution in [1.29, 1.82) is 0 Å². The van der Waals surface area contributed by atoms with E-state index in [2.05, 4.69) is 25.3 Å². The number of piperidine rings is 1. The predicted molar refractivity (Wildman–Crippen MR) is 140 cm³/mol. The second-order valence-electron chi connectivity index (χ2n) is 8.48. The molecule has 1 aliphatic rings. The maximum atomic E-state index is 14.9. The normalized spacial score (nSPS) is 19.6. The van der Waals surface area contributed by atoms with E-state index >= 15 is 0 Å². The maximum absolute atomic E-state index is 14.9. The minimum atomic E-state index is -1.11. The van der Waals surface area contributed by atoms with Crippen molar-refractivity contribution in [3.63, 3.8) is 0 Å². The topological polar surface area (TPSA) is 102 Å². The van der Waals surface area contributed by atoms with Gasteiger partial charge in [0.15, 0.2) is 0 Å². The van der Waals surface area contributed by atoms with Crippen LogP contribution in [0.25, 0.3) is 26.7 Å². The van der Waals surface area contributed by atoms with Crippen LogP contribution >= 0.6 is 11.3 Å². The molecule has 1 fully saturated rings. The summed E-state index contributed by atoms with van der Waals surface area (Å²) < 4.78 is 22.3. The zero-order chi connectivity index (χ0) is 24.4. The monoisotopic (exact) mass is 491 g/mol. The number of halogens is 1. The van der Waals surface area contributed by atoms with Gasteiger partial charge in [0.25, 0.3) is 0 Å². The maximum Gasteiger partial charge on any atom is 0.149 e. The number of aliphatic imine (C=N–C) groups is 1. The van der Waals surface area contributed by atoms with Crippen LogP contribution in [0.4, 0.5) is 15.9 Å². The first kappa shape index (κ1) is 23.1. The van der Waals surface area contributed by atoms with Gasteiger partial charge in [-0.05, 0) is 49.4 Å². The summed E-state index contributed by atoms with van der Waals surface area (Å²) in [7, 11) is 3.59. The Balaban J connectivity index is 1.61.